The van der Waals surface area contributed by atoms with Crippen molar-refractivity contribution in [3.8, 4) is 23.3 Å². The molecular weight excluding hydrogens is 583 g/mol. The lowest BCUT2D eigenvalue weighted by Gasteiger charge is -2.13. The molecule has 0 aliphatic rings. The molecule has 0 fully saturated rings. The zero-order valence-corrected chi connectivity index (χ0v) is 24.3. The summed E-state index contributed by atoms with van der Waals surface area (Å²) in [7, 11) is 0. The number of hydrogen-bond acceptors (Lipinski definition) is 5. The second-order valence-corrected chi connectivity index (χ2v) is 10.0. The third-order valence-electron chi connectivity index (χ3n) is 5.77. The van der Waals surface area contributed by atoms with Crippen LogP contribution >= 0.6 is 34.8 Å². The van der Waals surface area contributed by atoms with E-state index in [0.717, 1.165) is 11.1 Å². The highest BCUT2D eigenvalue weighted by Gasteiger charge is 2.13. The van der Waals surface area contributed by atoms with Gasteiger partial charge in [-0.05, 0) is 84.8 Å². The standard InChI is InChI=1S/C32H25Cl3N2O4/c1-2-39-31-16-22(5-14-30(31)41-20-23-6-9-26(34)17-29(23)35)15-24(18-36)32(38)37-27-10-12-28(13-11-27)40-19-21-3-7-25(33)8-4-21/h3-17H,2,19-20H2,1H3,(H,37,38)/b24-15+. The van der Waals surface area contributed by atoms with Crippen molar-refractivity contribution in [1.29, 1.82) is 5.26 Å². The molecule has 1 N–H and O–H groups in total. The van der Waals surface area contributed by atoms with Gasteiger partial charge >= 0.3 is 0 Å². The van der Waals surface area contributed by atoms with Crippen LogP contribution in [-0.4, -0.2) is 12.5 Å². The molecule has 0 aliphatic heterocycles. The highest BCUT2D eigenvalue weighted by atomic mass is 35.5. The van der Waals surface area contributed by atoms with Crippen LogP contribution in [0.4, 0.5) is 5.69 Å². The summed E-state index contributed by atoms with van der Waals surface area (Å²) in [6, 6.07) is 26.6. The zero-order valence-electron chi connectivity index (χ0n) is 22.0. The van der Waals surface area contributed by atoms with Crippen molar-refractivity contribution in [3.63, 3.8) is 0 Å². The van der Waals surface area contributed by atoms with Crippen LogP contribution in [0.1, 0.15) is 23.6 Å². The molecule has 4 aromatic carbocycles. The minimum atomic E-state index is -0.544. The van der Waals surface area contributed by atoms with Crippen molar-refractivity contribution in [2.75, 3.05) is 11.9 Å². The maximum Gasteiger partial charge on any atom is 0.266 e. The van der Waals surface area contributed by atoms with E-state index < -0.39 is 5.91 Å². The molecule has 0 saturated heterocycles. The highest BCUT2D eigenvalue weighted by molar-refractivity contribution is 6.35. The van der Waals surface area contributed by atoms with E-state index in [2.05, 4.69) is 5.32 Å². The quantitative estimate of drug-likeness (QED) is 0.136. The Morgan fingerprint density at radius 3 is 2.24 bits per heavy atom. The molecule has 4 rings (SSSR count). The van der Waals surface area contributed by atoms with Gasteiger partial charge in [0.2, 0.25) is 0 Å². The summed E-state index contributed by atoms with van der Waals surface area (Å²) >= 11 is 18.1. The number of hydrogen-bond donors (Lipinski definition) is 1. The smallest absolute Gasteiger partial charge is 0.266 e. The van der Waals surface area contributed by atoms with Crippen molar-refractivity contribution in [3.05, 3.63) is 122 Å². The van der Waals surface area contributed by atoms with Crippen LogP contribution in [0, 0.1) is 11.3 Å². The molecule has 0 saturated carbocycles. The molecule has 0 radical (unpaired) electrons. The van der Waals surface area contributed by atoms with Crippen molar-refractivity contribution < 1.29 is 19.0 Å². The molecule has 208 valence electrons. The van der Waals surface area contributed by atoms with Crippen molar-refractivity contribution in [1.82, 2.24) is 0 Å². The van der Waals surface area contributed by atoms with Gasteiger partial charge in [-0.2, -0.15) is 5.26 Å². The van der Waals surface area contributed by atoms with Crippen LogP contribution < -0.4 is 19.5 Å². The number of nitriles is 1. The van der Waals surface area contributed by atoms with Gasteiger partial charge in [0.15, 0.2) is 11.5 Å². The van der Waals surface area contributed by atoms with Gasteiger partial charge in [0, 0.05) is 26.3 Å². The van der Waals surface area contributed by atoms with Gasteiger partial charge in [0.25, 0.3) is 5.91 Å². The second kappa shape index (κ2) is 14.5. The molecule has 41 heavy (non-hydrogen) atoms. The molecule has 4 aromatic rings. The minimum Gasteiger partial charge on any atom is -0.490 e. The van der Waals surface area contributed by atoms with E-state index >= 15 is 0 Å². The van der Waals surface area contributed by atoms with Crippen LogP contribution in [0.3, 0.4) is 0 Å². The number of halogens is 3. The van der Waals surface area contributed by atoms with Gasteiger partial charge in [0.05, 0.1) is 6.61 Å². The third-order valence-corrected chi connectivity index (χ3v) is 6.61. The van der Waals surface area contributed by atoms with Crippen molar-refractivity contribution in [2.24, 2.45) is 0 Å². The summed E-state index contributed by atoms with van der Waals surface area (Å²) in [6.45, 7) is 2.84. The lowest BCUT2D eigenvalue weighted by Crippen LogP contribution is -2.13. The number of anilines is 1. The highest BCUT2D eigenvalue weighted by Crippen LogP contribution is 2.31. The van der Waals surface area contributed by atoms with E-state index in [0.29, 0.717) is 56.8 Å². The number of rotatable bonds is 11. The number of amides is 1. The molecule has 0 bridgehead atoms. The summed E-state index contributed by atoms with van der Waals surface area (Å²) < 4.78 is 17.5. The first-order valence-electron chi connectivity index (χ1n) is 12.6. The van der Waals surface area contributed by atoms with E-state index in [1.54, 1.807) is 72.8 Å². The SMILES string of the molecule is CCOc1cc(/C=C(\C#N)C(=O)Nc2ccc(OCc3ccc(Cl)cc3)cc2)ccc1OCc1ccc(Cl)cc1Cl. The minimum absolute atomic E-state index is 0.0721. The number of nitrogens with one attached hydrogen (secondary N) is 1. The van der Waals surface area contributed by atoms with E-state index in [1.165, 1.54) is 6.08 Å². The lowest BCUT2D eigenvalue weighted by molar-refractivity contribution is -0.112. The van der Waals surface area contributed by atoms with Gasteiger partial charge in [0.1, 0.15) is 30.6 Å². The largest absolute Gasteiger partial charge is 0.490 e. The maximum atomic E-state index is 12.8. The van der Waals surface area contributed by atoms with E-state index in [9.17, 15) is 10.1 Å². The van der Waals surface area contributed by atoms with Crippen molar-refractivity contribution in [2.45, 2.75) is 20.1 Å². The molecule has 9 heteroatoms. The first-order valence-corrected chi connectivity index (χ1v) is 13.7. The fourth-order valence-electron chi connectivity index (χ4n) is 3.69. The normalized spacial score (nSPS) is 11.0. The fraction of sp³-hybridized carbons (Fsp3) is 0.125. The summed E-state index contributed by atoms with van der Waals surface area (Å²) in [6.07, 6.45) is 1.49. The number of ether oxygens (including phenoxy) is 3. The topological polar surface area (TPSA) is 80.6 Å². The second-order valence-electron chi connectivity index (χ2n) is 8.73. The third kappa shape index (κ3) is 8.67. The Balaban J connectivity index is 1.40. The number of benzene rings is 4. The van der Waals surface area contributed by atoms with E-state index in [-0.39, 0.29) is 12.2 Å². The monoisotopic (exact) mass is 606 g/mol. The van der Waals surface area contributed by atoms with Crippen LogP contribution in [0.15, 0.2) is 90.5 Å². The summed E-state index contributed by atoms with van der Waals surface area (Å²) in [4.78, 5) is 12.8. The molecule has 6 nitrogen and oxygen atoms in total. The Hall–Kier alpha value is -4.15. The first kappa shape index (κ1) is 29.8. The Bertz CT molecular complexity index is 1580. The van der Waals surface area contributed by atoms with Crippen LogP contribution in [0.2, 0.25) is 15.1 Å². The fourth-order valence-corrected chi connectivity index (χ4v) is 4.28. The molecule has 0 aliphatic carbocycles. The van der Waals surface area contributed by atoms with Crippen LogP contribution in [-0.2, 0) is 18.0 Å². The van der Waals surface area contributed by atoms with Crippen LogP contribution in [0.5, 0.6) is 17.2 Å². The first-order chi connectivity index (χ1) is 19.8. The predicted octanol–water partition coefficient (Wildman–Crippen LogP) is 8.75. The summed E-state index contributed by atoms with van der Waals surface area (Å²) in [5.74, 6) is 1.06. The summed E-state index contributed by atoms with van der Waals surface area (Å²) in [5, 5.41) is 14.1. The number of nitrogens with zero attached hydrogens (tertiary/aromatic N) is 1. The van der Waals surface area contributed by atoms with E-state index in [1.807, 2.05) is 25.1 Å². The number of carbonyl (C=O) groups excluding carboxylic acids is 1. The average Bonchev–Trinajstić information content (AvgIpc) is 2.97. The molecular formula is C32H25Cl3N2O4. The van der Waals surface area contributed by atoms with Gasteiger partial charge in [-0.1, -0.05) is 59.1 Å². The number of carbonyl (C=O) groups is 1. The van der Waals surface area contributed by atoms with Gasteiger partial charge in [-0.25, -0.2) is 0 Å². The lowest BCUT2D eigenvalue weighted by atomic mass is 10.1. The van der Waals surface area contributed by atoms with Crippen LogP contribution in [0.25, 0.3) is 6.08 Å². The maximum absolute atomic E-state index is 12.8. The van der Waals surface area contributed by atoms with E-state index in [4.69, 9.17) is 49.0 Å². The molecule has 0 aromatic heterocycles. The molecule has 1 amide bonds. The Labute approximate surface area is 253 Å². The van der Waals surface area contributed by atoms with Gasteiger partial charge in [-0.15, -0.1) is 0 Å². The molecule has 0 unspecified atom stereocenters. The molecule has 0 heterocycles. The Morgan fingerprint density at radius 1 is 0.829 bits per heavy atom. The van der Waals surface area contributed by atoms with Gasteiger partial charge in [-0.3, -0.25) is 4.79 Å². The summed E-state index contributed by atoms with van der Waals surface area (Å²) in [5.41, 5.74) is 2.80. The Morgan fingerprint density at radius 2 is 1.56 bits per heavy atom. The molecule has 0 spiro atoms. The van der Waals surface area contributed by atoms with Gasteiger partial charge < -0.3 is 19.5 Å². The average molecular weight is 608 g/mol. The predicted molar refractivity (Wildman–Crippen MR) is 163 cm³/mol. The van der Waals surface area contributed by atoms with Crippen molar-refractivity contribution >= 4 is 52.5 Å². The Kier molecular flexibility index (Phi) is 10.5. The zero-order chi connectivity index (χ0) is 29.2. The molecule has 0 atom stereocenters.